The van der Waals surface area contributed by atoms with Crippen LogP contribution >= 0.6 is 0 Å². The molecule has 29 heavy (non-hydrogen) atoms. The highest BCUT2D eigenvalue weighted by molar-refractivity contribution is 5.76. The number of ether oxygens (including phenoxy) is 2. The Hall–Kier alpha value is -1.06. The number of hydrogen-bond acceptors (Lipinski definition) is 4. The lowest BCUT2D eigenvalue weighted by molar-refractivity contribution is -0.155. The molecule has 0 radical (unpaired) electrons. The van der Waals surface area contributed by atoms with Gasteiger partial charge in [0.15, 0.2) is 0 Å². The molecule has 1 aliphatic rings. The van der Waals surface area contributed by atoms with Gasteiger partial charge in [-0.15, -0.1) is 0 Å². The van der Waals surface area contributed by atoms with Crippen molar-refractivity contribution < 1.29 is 19.1 Å². The lowest BCUT2D eigenvalue weighted by Crippen LogP contribution is -2.30. The average Bonchev–Trinajstić information content (AvgIpc) is 2.69. The molecule has 0 aromatic rings. The van der Waals surface area contributed by atoms with Gasteiger partial charge in [0, 0.05) is 0 Å². The monoisotopic (exact) mass is 410 g/mol. The summed E-state index contributed by atoms with van der Waals surface area (Å²) in [6.45, 7) is 9.92. The van der Waals surface area contributed by atoms with Gasteiger partial charge < -0.3 is 9.47 Å². The Morgan fingerprint density at radius 1 is 0.690 bits per heavy atom. The van der Waals surface area contributed by atoms with Crippen LogP contribution in [0.2, 0.25) is 0 Å². The summed E-state index contributed by atoms with van der Waals surface area (Å²) in [6, 6.07) is 0. The van der Waals surface area contributed by atoms with E-state index >= 15 is 0 Å². The molecule has 0 saturated heterocycles. The number of unbranched alkanes of at least 4 members (excludes halogenated alkanes) is 5. The third-order valence-electron chi connectivity index (χ3n) is 5.93. The Morgan fingerprint density at radius 3 is 1.69 bits per heavy atom. The van der Waals surface area contributed by atoms with Crippen LogP contribution in [0.15, 0.2) is 0 Å². The second-order valence-corrected chi connectivity index (χ2v) is 9.74. The van der Waals surface area contributed by atoms with Gasteiger partial charge in [-0.2, -0.15) is 0 Å². The van der Waals surface area contributed by atoms with E-state index in [4.69, 9.17) is 9.47 Å². The van der Waals surface area contributed by atoms with Crippen LogP contribution in [0.1, 0.15) is 111 Å². The summed E-state index contributed by atoms with van der Waals surface area (Å²) < 4.78 is 10.9. The molecule has 4 nitrogen and oxygen atoms in total. The van der Waals surface area contributed by atoms with Gasteiger partial charge in [-0.25, -0.2) is 0 Å². The zero-order chi connectivity index (χ0) is 21.5. The number of rotatable bonds is 15. The van der Waals surface area contributed by atoms with Crippen LogP contribution in [0, 0.1) is 23.7 Å². The first-order chi connectivity index (χ1) is 13.9. The van der Waals surface area contributed by atoms with Gasteiger partial charge in [-0.05, 0) is 50.4 Å². The zero-order valence-corrected chi connectivity index (χ0v) is 19.5. The third-order valence-corrected chi connectivity index (χ3v) is 5.93. The fourth-order valence-electron chi connectivity index (χ4n) is 4.05. The third kappa shape index (κ3) is 13.0. The molecular formula is C25H46O4. The van der Waals surface area contributed by atoms with Gasteiger partial charge in [0.2, 0.25) is 0 Å². The average molecular weight is 411 g/mol. The van der Waals surface area contributed by atoms with Gasteiger partial charge in [0.1, 0.15) is 0 Å². The van der Waals surface area contributed by atoms with Gasteiger partial charge in [-0.3, -0.25) is 9.59 Å². The summed E-state index contributed by atoms with van der Waals surface area (Å²) in [7, 11) is 0. The minimum absolute atomic E-state index is 0.112. The first-order valence-electron chi connectivity index (χ1n) is 12.2. The predicted octanol–water partition coefficient (Wildman–Crippen LogP) is 6.70. The first kappa shape index (κ1) is 26.0. The van der Waals surface area contributed by atoms with Crippen molar-refractivity contribution in [3.8, 4) is 0 Å². The molecule has 4 heteroatoms. The van der Waals surface area contributed by atoms with Crippen LogP contribution in [-0.4, -0.2) is 25.2 Å². The largest absolute Gasteiger partial charge is 0.465 e. The molecule has 1 fully saturated rings. The van der Waals surface area contributed by atoms with E-state index in [-0.39, 0.29) is 23.8 Å². The smallest absolute Gasteiger partial charge is 0.308 e. The molecule has 2 unspecified atom stereocenters. The quantitative estimate of drug-likeness (QED) is 0.222. The number of esters is 2. The fourth-order valence-corrected chi connectivity index (χ4v) is 4.05. The Morgan fingerprint density at radius 2 is 1.14 bits per heavy atom. The number of carbonyl (C=O) groups is 2. The van der Waals surface area contributed by atoms with Crippen LogP contribution < -0.4 is 0 Å². The zero-order valence-electron chi connectivity index (χ0n) is 19.5. The Bertz CT molecular complexity index is 444. The molecule has 1 saturated carbocycles. The normalized spacial score (nSPS) is 19.5. The molecule has 0 bridgehead atoms. The van der Waals surface area contributed by atoms with Crippen molar-refractivity contribution in [3.05, 3.63) is 0 Å². The number of hydrogen-bond donors (Lipinski definition) is 0. The summed E-state index contributed by atoms with van der Waals surface area (Å²) >= 11 is 0. The van der Waals surface area contributed by atoms with E-state index < -0.39 is 0 Å². The molecule has 0 aromatic heterocycles. The molecule has 0 amide bonds. The predicted molar refractivity (Wildman–Crippen MR) is 119 cm³/mol. The Balaban J connectivity index is 2.11. The summed E-state index contributed by atoms with van der Waals surface area (Å²) in [5, 5.41) is 0. The van der Waals surface area contributed by atoms with E-state index in [1.165, 1.54) is 32.1 Å². The maximum absolute atomic E-state index is 12.4. The maximum Gasteiger partial charge on any atom is 0.308 e. The van der Waals surface area contributed by atoms with Crippen LogP contribution in [0.4, 0.5) is 0 Å². The van der Waals surface area contributed by atoms with E-state index in [0.717, 1.165) is 50.9 Å². The molecule has 1 rings (SSSR count). The minimum atomic E-state index is -0.133. The first-order valence-corrected chi connectivity index (χ1v) is 12.2. The molecule has 0 N–H and O–H groups in total. The lowest BCUT2D eigenvalue weighted by atomic mass is 9.81. The molecule has 1 aliphatic carbocycles. The Kier molecular flexibility index (Phi) is 14.1. The van der Waals surface area contributed by atoms with E-state index in [0.29, 0.717) is 25.6 Å². The summed E-state index contributed by atoms with van der Waals surface area (Å²) in [4.78, 5) is 24.6. The van der Waals surface area contributed by atoms with Gasteiger partial charge in [-0.1, -0.05) is 72.6 Å². The minimum Gasteiger partial charge on any atom is -0.465 e. The standard InChI is InChI=1S/C25H46O4/c1-20(2)13-9-7-5-6-8-10-17-28-24(26)22-15-11-16-23(19-22)25(27)29-18-12-14-21(3)4/h20-23H,5-19H2,1-4H3. The van der Waals surface area contributed by atoms with Crippen LogP contribution in [0.5, 0.6) is 0 Å². The van der Waals surface area contributed by atoms with E-state index in [2.05, 4.69) is 27.7 Å². The molecule has 0 aliphatic heterocycles. The van der Waals surface area contributed by atoms with Crippen molar-refractivity contribution >= 4 is 11.9 Å². The summed E-state index contributed by atoms with van der Waals surface area (Å²) in [5.41, 5.74) is 0. The van der Waals surface area contributed by atoms with E-state index in [1.807, 2.05) is 0 Å². The van der Waals surface area contributed by atoms with Crippen molar-refractivity contribution in [2.75, 3.05) is 13.2 Å². The van der Waals surface area contributed by atoms with Crippen molar-refractivity contribution in [3.63, 3.8) is 0 Å². The second kappa shape index (κ2) is 15.7. The fraction of sp³-hybridized carbons (Fsp3) is 0.920. The lowest BCUT2D eigenvalue weighted by Gasteiger charge is -2.26. The molecule has 0 heterocycles. The van der Waals surface area contributed by atoms with Crippen molar-refractivity contribution in [2.24, 2.45) is 23.7 Å². The maximum atomic E-state index is 12.4. The van der Waals surface area contributed by atoms with Crippen molar-refractivity contribution in [1.82, 2.24) is 0 Å². The highest BCUT2D eigenvalue weighted by Gasteiger charge is 2.32. The van der Waals surface area contributed by atoms with E-state index in [1.54, 1.807) is 0 Å². The summed E-state index contributed by atoms with van der Waals surface area (Å²) in [6.07, 6.45) is 13.7. The van der Waals surface area contributed by atoms with Gasteiger partial charge in [0.25, 0.3) is 0 Å². The second-order valence-electron chi connectivity index (χ2n) is 9.74. The van der Waals surface area contributed by atoms with Crippen LogP contribution in [0.3, 0.4) is 0 Å². The summed E-state index contributed by atoms with van der Waals surface area (Å²) in [5.74, 6) is 0.940. The molecule has 0 spiro atoms. The van der Waals surface area contributed by atoms with E-state index in [9.17, 15) is 9.59 Å². The van der Waals surface area contributed by atoms with Crippen LogP contribution in [-0.2, 0) is 19.1 Å². The molecular weight excluding hydrogens is 364 g/mol. The van der Waals surface area contributed by atoms with Gasteiger partial charge in [0.05, 0.1) is 25.0 Å². The molecule has 0 aromatic carbocycles. The molecule has 2 atom stereocenters. The Labute approximate surface area is 179 Å². The van der Waals surface area contributed by atoms with Gasteiger partial charge >= 0.3 is 11.9 Å². The topological polar surface area (TPSA) is 52.6 Å². The SMILES string of the molecule is CC(C)CCCCCCCCOC(=O)C1CCCC(C(=O)OCCCC(C)C)C1. The number of carbonyl (C=O) groups excluding carboxylic acids is 2. The van der Waals surface area contributed by atoms with Crippen molar-refractivity contribution in [2.45, 2.75) is 111 Å². The highest BCUT2D eigenvalue weighted by atomic mass is 16.5. The molecule has 170 valence electrons. The highest BCUT2D eigenvalue weighted by Crippen LogP contribution is 2.31. The van der Waals surface area contributed by atoms with Crippen molar-refractivity contribution in [1.29, 1.82) is 0 Å². The van der Waals surface area contributed by atoms with Crippen LogP contribution in [0.25, 0.3) is 0 Å².